The molecule has 0 N–H and O–H groups in total. The molecule has 0 radical (unpaired) electrons. The van der Waals surface area contributed by atoms with E-state index in [2.05, 4.69) is 20.8 Å². The molecule has 0 aromatic rings. The summed E-state index contributed by atoms with van der Waals surface area (Å²) in [6.07, 6.45) is 13.5. The van der Waals surface area contributed by atoms with Crippen molar-refractivity contribution >= 4 is 8.60 Å². The molecule has 0 aromatic carbocycles. The molecule has 0 saturated carbocycles. The molecule has 0 aromatic heterocycles. The van der Waals surface area contributed by atoms with Gasteiger partial charge in [0.1, 0.15) is 0 Å². The lowest BCUT2D eigenvalue weighted by Crippen LogP contribution is -2.28. The molecule has 3 nitrogen and oxygen atoms in total. The van der Waals surface area contributed by atoms with Crippen LogP contribution in [0, 0.1) is 5.41 Å². The van der Waals surface area contributed by atoms with Gasteiger partial charge in [0.05, 0.1) is 19.8 Å². The van der Waals surface area contributed by atoms with Crippen molar-refractivity contribution in [2.24, 2.45) is 5.41 Å². The zero-order valence-corrected chi connectivity index (χ0v) is 15.3. The lowest BCUT2D eigenvalue weighted by molar-refractivity contribution is 0.0275. The molecule has 126 valence electrons. The van der Waals surface area contributed by atoms with Crippen LogP contribution in [0.4, 0.5) is 0 Å². The average molecular weight is 318 g/mol. The predicted octanol–water partition coefficient (Wildman–Crippen LogP) is 6.22. The van der Waals surface area contributed by atoms with Gasteiger partial charge in [0.15, 0.2) is 0 Å². The molecule has 1 fully saturated rings. The van der Waals surface area contributed by atoms with E-state index in [4.69, 9.17) is 13.6 Å². The SMILES string of the molecule is CCCCCCCCCCCCOP1OCC(C)(C)CO1. The van der Waals surface area contributed by atoms with E-state index in [1.807, 2.05) is 0 Å². The molecule has 0 amide bonds. The third-order valence-electron chi connectivity index (χ3n) is 3.82. The molecule has 1 heterocycles. The van der Waals surface area contributed by atoms with Crippen LogP contribution in [0.25, 0.3) is 0 Å². The van der Waals surface area contributed by atoms with Gasteiger partial charge in [0.2, 0.25) is 0 Å². The lowest BCUT2D eigenvalue weighted by atomic mass is 9.97. The van der Waals surface area contributed by atoms with E-state index < -0.39 is 8.60 Å². The minimum atomic E-state index is -1.07. The van der Waals surface area contributed by atoms with Gasteiger partial charge in [-0.25, -0.2) is 0 Å². The van der Waals surface area contributed by atoms with E-state index in [0.717, 1.165) is 26.2 Å². The first-order valence-corrected chi connectivity index (χ1v) is 9.92. The maximum Gasteiger partial charge on any atom is 0.332 e. The summed E-state index contributed by atoms with van der Waals surface area (Å²) >= 11 is 0. The van der Waals surface area contributed by atoms with Crippen LogP contribution in [0.5, 0.6) is 0 Å². The number of rotatable bonds is 12. The maximum atomic E-state index is 5.67. The molecule has 0 unspecified atom stereocenters. The van der Waals surface area contributed by atoms with Crippen molar-refractivity contribution < 1.29 is 13.6 Å². The van der Waals surface area contributed by atoms with Crippen molar-refractivity contribution in [2.45, 2.75) is 85.0 Å². The summed E-state index contributed by atoms with van der Waals surface area (Å²) in [7, 11) is -1.07. The molecule has 21 heavy (non-hydrogen) atoms. The highest BCUT2D eigenvalue weighted by molar-refractivity contribution is 7.41. The van der Waals surface area contributed by atoms with E-state index in [1.54, 1.807) is 0 Å². The second kappa shape index (κ2) is 11.8. The van der Waals surface area contributed by atoms with Crippen molar-refractivity contribution in [3.05, 3.63) is 0 Å². The van der Waals surface area contributed by atoms with Gasteiger partial charge in [-0.1, -0.05) is 78.6 Å². The van der Waals surface area contributed by atoms with Crippen molar-refractivity contribution in [3.63, 3.8) is 0 Å². The molecule has 0 atom stereocenters. The van der Waals surface area contributed by atoms with Crippen molar-refractivity contribution in [1.82, 2.24) is 0 Å². The fraction of sp³-hybridized carbons (Fsp3) is 1.00. The Labute approximate surface area is 133 Å². The Hall–Kier alpha value is 0.310. The maximum absolute atomic E-state index is 5.67. The molecule has 0 aliphatic carbocycles. The summed E-state index contributed by atoms with van der Waals surface area (Å²) in [4.78, 5) is 0. The number of hydrogen-bond acceptors (Lipinski definition) is 3. The summed E-state index contributed by atoms with van der Waals surface area (Å²) < 4.78 is 16.9. The van der Waals surface area contributed by atoms with Gasteiger partial charge in [-0.05, 0) is 6.42 Å². The second-order valence-corrected chi connectivity index (χ2v) is 8.17. The first-order chi connectivity index (χ1) is 10.1. The van der Waals surface area contributed by atoms with Crippen LogP contribution >= 0.6 is 8.60 Å². The van der Waals surface area contributed by atoms with Crippen LogP contribution in [-0.4, -0.2) is 19.8 Å². The Bertz CT molecular complexity index is 236. The smallest absolute Gasteiger partial charge is 0.312 e. The standard InChI is InChI=1S/C17H35O3P/c1-4-5-6-7-8-9-10-11-12-13-14-18-21-19-15-17(2,3)16-20-21/h4-16H2,1-3H3. The largest absolute Gasteiger partial charge is 0.332 e. The van der Waals surface area contributed by atoms with E-state index in [1.165, 1.54) is 57.8 Å². The average Bonchev–Trinajstić information content (AvgIpc) is 2.46. The third kappa shape index (κ3) is 10.6. The first kappa shape index (κ1) is 19.4. The molecular weight excluding hydrogens is 283 g/mol. The van der Waals surface area contributed by atoms with Crippen LogP contribution in [0.15, 0.2) is 0 Å². The van der Waals surface area contributed by atoms with Gasteiger partial charge >= 0.3 is 8.60 Å². The van der Waals surface area contributed by atoms with E-state index in [9.17, 15) is 0 Å². The fourth-order valence-electron chi connectivity index (χ4n) is 2.34. The summed E-state index contributed by atoms with van der Waals surface area (Å²) in [6, 6.07) is 0. The zero-order chi connectivity index (χ0) is 15.4. The summed E-state index contributed by atoms with van der Waals surface area (Å²) in [5.74, 6) is 0. The third-order valence-corrected chi connectivity index (χ3v) is 4.89. The van der Waals surface area contributed by atoms with Crippen LogP contribution in [0.3, 0.4) is 0 Å². The minimum absolute atomic E-state index is 0.138. The summed E-state index contributed by atoms with van der Waals surface area (Å²) in [6.45, 7) is 8.85. The molecule has 1 aliphatic rings. The molecule has 0 bridgehead atoms. The van der Waals surface area contributed by atoms with Gasteiger partial charge in [-0.15, -0.1) is 0 Å². The number of unbranched alkanes of at least 4 members (excludes halogenated alkanes) is 9. The minimum Gasteiger partial charge on any atom is -0.312 e. The Kier molecular flexibility index (Phi) is 10.9. The van der Waals surface area contributed by atoms with Gasteiger partial charge in [0.25, 0.3) is 0 Å². The van der Waals surface area contributed by atoms with Gasteiger partial charge in [-0.3, -0.25) is 0 Å². The van der Waals surface area contributed by atoms with Gasteiger partial charge < -0.3 is 13.6 Å². The highest BCUT2D eigenvalue weighted by Gasteiger charge is 2.29. The first-order valence-electron chi connectivity index (χ1n) is 8.83. The Morgan fingerprint density at radius 1 is 0.810 bits per heavy atom. The van der Waals surface area contributed by atoms with E-state index in [-0.39, 0.29) is 5.41 Å². The van der Waals surface area contributed by atoms with Gasteiger partial charge in [0, 0.05) is 5.41 Å². The highest BCUT2D eigenvalue weighted by atomic mass is 31.2. The quantitative estimate of drug-likeness (QED) is 0.315. The molecule has 4 heteroatoms. The Morgan fingerprint density at radius 2 is 1.29 bits per heavy atom. The summed E-state index contributed by atoms with van der Waals surface area (Å²) in [5, 5.41) is 0. The normalized spacial score (nSPS) is 19.0. The monoisotopic (exact) mass is 318 g/mol. The molecule has 1 saturated heterocycles. The lowest BCUT2D eigenvalue weighted by Gasteiger charge is -2.32. The van der Waals surface area contributed by atoms with Crippen LogP contribution in [-0.2, 0) is 13.6 Å². The van der Waals surface area contributed by atoms with E-state index >= 15 is 0 Å². The zero-order valence-electron chi connectivity index (χ0n) is 14.4. The topological polar surface area (TPSA) is 27.7 Å². The van der Waals surface area contributed by atoms with Gasteiger partial charge in [-0.2, -0.15) is 0 Å². The summed E-state index contributed by atoms with van der Waals surface area (Å²) in [5.41, 5.74) is 0.138. The second-order valence-electron chi connectivity index (χ2n) is 6.95. The Balaban J connectivity index is 1.79. The predicted molar refractivity (Wildman–Crippen MR) is 90.4 cm³/mol. The van der Waals surface area contributed by atoms with Crippen LogP contribution in [0.2, 0.25) is 0 Å². The van der Waals surface area contributed by atoms with Crippen LogP contribution in [0.1, 0.15) is 85.0 Å². The highest BCUT2D eigenvalue weighted by Crippen LogP contribution is 2.46. The Morgan fingerprint density at radius 3 is 1.81 bits per heavy atom. The molecule has 1 aliphatic heterocycles. The fourth-order valence-corrected chi connectivity index (χ4v) is 3.75. The number of hydrogen-bond donors (Lipinski definition) is 0. The molecule has 1 rings (SSSR count). The molecule has 0 spiro atoms. The van der Waals surface area contributed by atoms with Crippen molar-refractivity contribution in [1.29, 1.82) is 0 Å². The molecular formula is C17H35O3P. The van der Waals surface area contributed by atoms with E-state index in [0.29, 0.717) is 0 Å². The van der Waals surface area contributed by atoms with Crippen LogP contribution < -0.4 is 0 Å². The van der Waals surface area contributed by atoms with Crippen molar-refractivity contribution in [2.75, 3.05) is 19.8 Å². The van der Waals surface area contributed by atoms with Crippen molar-refractivity contribution in [3.8, 4) is 0 Å².